The third-order valence-corrected chi connectivity index (χ3v) is 5.70. The summed E-state index contributed by atoms with van der Waals surface area (Å²) in [6.07, 6.45) is 3.65. The van der Waals surface area contributed by atoms with Gasteiger partial charge < -0.3 is 10.0 Å². The van der Waals surface area contributed by atoms with Crippen molar-refractivity contribution < 1.29 is 17.9 Å². The van der Waals surface area contributed by atoms with E-state index in [4.69, 9.17) is 0 Å². The standard InChI is InChI=1S/C20H23FN2O3S/c1-3-10-23-19-8-7-17(12-16(19)6-9-20(23)24)22-27(25,26)13-15-5-4-14(2)18(21)11-15/h4-9,11-12,20,22,24H,3,10,13H2,1-2H3. The SMILES string of the molecule is CCCN1c2ccc(NS(=O)(=O)Cc3ccc(C)c(F)c3)cc2C=CC1O. The van der Waals surface area contributed by atoms with Crippen molar-refractivity contribution >= 4 is 27.5 Å². The molecule has 0 saturated carbocycles. The van der Waals surface area contributed by atoms with Crippen molar-refractivity contribution in [3.05, 3.63) is 65.0 Å². The van der Waals surface area contributed by atoms with Gasteiger partial charge in [0.2, 0.25) is 10.0 Å². The van der Waals surface area contributed by atoms with Crippen molar-refractivity contribution in [1.29, 1.82) is 0 Å². The zero-order chi connectivity index (χ0) is 19.6. The Morgan fingerprint density at radius 1 is 1.22 bits per heavy atom. The van der Waals surface area contributed by atoms with Gasteiger partial charge in [-0.2, -0.15) is 0 Å². The van der Waals surface area contributed by atoms with Crippen LogP contribution in [-0.4, -0.2) is 26.3 Å². The molecule has 2 aromatic carbocycles. The number of anilines is 2. The molecule has 0 aliphatic carbocycles. The highest BCUT2D eigenvalue weighted by atomic mass is 32.2. The summed E-state index contributed by atoms with van der Waals surface area (Å²) in [4.78, 5) is 1.86. The van der Waals surface area contributed by atoms with Gasteiger partial charge in [-0.25, -0.2) is 12.8 Å². The molecular formula is C20H23FN2O3S. The number of benzene rings is 2. The van der Waals surface area contributed by atoms with E-state index in [1.165, 1.54) is 6.07 Å². The average molecular weight is 390 g/mol. The molecule has 1 aliphatic heterocycles. The van der Waals surface area contributed by atoms with Crippen molar-refractivity contribution in [3.63, 3.8) is 0 Å². The Morgan fingerprint density at radius 2 is 2.00 bits per heavy atom. The predicted molar refractivity (Wildman–Crippen MR) is 107 cm³/mol. The van der Waals surface area contributed by atoms with E-state index < -0.39 is 22.1 Å². The van der Waals surface area contributed by atoms with Crippen molar-refractivity contribution in [2.45, 2.75) is 32.2 Å². The van der Waals surface area contributed by atoms with Crippen molar-refractivity contribution in [1.82, 2.24) is 0 Å². The number of sulfonamides is 1. The first-order chi connectivity index (χ1) is 12.8. The van der Waals surface area contributed by atoms with Gasteiger partial charge in [0.25, 0.3) is 0 Å². The minimum atomic E-state index is -3.68. The topological polar surface area (TPSA) is 69.6 Å². The Hall–Kier alpha value is -2.38. The molecule has 1 unspecified atom stereocenters. The maximum Gasteiger partial charge on any atom is 0.236 e. The summed E-state index contributed by atoms with van der Waals surface area (Å²) in [7, 11) is -3.68. The molecule has 0 radical (unpaired) electrons. The number of nitrogens with zero attached hydrogens (tertiary/aromatic N) is 1. The zero-order valence-electron chi connectivity index (χ0n) is 15.3. The Balaban J connectivity index is 1.80. The maximum atomic E-state index is 13.7. The molecule has 0 bridgehead atoms. The second kappa shape index (κ2) is 7.70. The highest BCUT2D eigenvalue weighted by molar-refractivity contribution is 7.91. The second-order valence-electron chi connectivity index (χ2n) is 6.68. The maximum absolute atomic E-state index is 13.7. The molecule has 0 fully saturated rings. The van der Waals surface area contributed by atoms with E-state index in [-0.39, 0.29) is 5.75 Å². The third kappa shape index (κ3) is 4.48. The van der Waals surface area contributed by atoms with E-state index in [0.717, 1.165) is 17.7 Å². The summed E-state index contributed by atoms with van der Waals surface area (Å²) in [5.41, 5.74) is 2.98. The number of aliphatic hydroxyl groups excluding tert-OH is 1. The number of hydrogen-bond donors (Lipinski definition) is 2. The van der Waals surface area contributed by atoms with E-state index in [1.807, 2.05) is 11.8 Å². The summed E-state index contributed by atoms with van der Waals surface area (Å²) in [5, 5.41) is 10.1. The molecule has 7 heteroatoms. The number of fused-ring (bicyclic) bond motifs is 1. The van der Waals surface area contributed by atoms with Gasteiger partial charge in [-0.15, -0.1) is 0 Å². The van der Waals surface area contributed by atoms with Crippen LogP contribution in [0, 0.1) is 12.7 Å². The number of nitrogens with one attached hydrogen (secondary N) is 1. The monoisotopic (exact) mass is 390 g/mol. The van der Waals surface area contributed by atoms with Gasteiger partial charge in [0.15, 0.2) is 0 Å². The molecule has 0 aromatic heterocycles. The molecule has 1 heterocycles. The third-order valence-electron chi connectivity index (χ3n) is 4.44. The van der Waals surface area contributed by atoms with E-state index in [2.05, 4.69) is 4.72 Å². The van der Waals surface area contributed by atoms with Crippen LogP contribution in [-0.2, 0) is 15.8 Å². The lowest BCUT2D eigenvalue weighted by Crippen LogP contribution is -2.36. The lowest BCUT2D eigenvalue weighted by molar-refractivity contribution is 0.215. The molecule has 144 valence electrons. The van der Waals surface area contributed by atoms with E-state index in [9.17, 15) is 17.9 Å². The number of aryl methyl sites for hydroxylation is 1. The highest BCUT2D eigenvalue weighted by Crippen LogP contribution is 2.31. The van der Waals surface area contributed by atoms with Crippen molar-refractivity contribution in [3.8, 4) is 0 Å². The molecule has 0 saturated heterocycles. The molecule has 5 nitrogen and oxygen atoms in total. The molecule has 0 spiro atoms. The van der Waals surface area contributed by atoms with Crippen LogP contribution < -0.4 is 9.62 Å². The lowest BCUT2D eigenvalue weighted by atomic mass is 10.1. The second-order valence-corrected chi connectivity index (χ2v) is 8.41. The minimum absolute atomic E-state index is 0.308. The molecule has 2 N–H and O–H groups in total. The first-order valence-corrected chi connectivity index (χ1v) is 10.5. The summed E-state index contributed by atoms with van der Waals surface area (Å²) < 4.78 is 41.1. The summed E-state index contributed by atoms with van der Waals surface area (Å²) in [5.74, 6) is -0.728. The summed E-state index contributed by atoms with van der Waals surface area (Å²) >= 11 is 0. The predicted octanol–water partition coefficient (Wildman–Crippen LogP) is 3.64. The Bertz CT molecular complexity index is 973. The van der Waals surface area contributed by atoms with Gasteiger partial charge in [0, 0.05) is 17.9 Å². The van der Waals surface area contributed by atoms with Gasteiger partial charge in [-0.05, 0) is 60.4 Å². The van der Waals surface area contributed by atoms with Gasteiger partial charge in [-0.1, -0.05) is 25.1 Å². The molecule has 1 atom stereocenters. The molecule has 0 amide bonds. The van der Waals surface area contributed by atoms with Gasteiger partial charge in [0.1, 0.15) is 12.0 Å². The zero-order valence-corrected chi connectivity index (χ0v) is 16.1. The van der Waals surface area contributed by atoms with Gasteiger partial charge >= 0.3 is 0 Å². The minimum Gasteiger partial charge on any atom is -0.370 e. The van der Waals surface area contributed by atoms with Crippen LogP contribution in [0.15, 0.2) is 42.5 Å². The average Bonchev–Trinajstić information content (AvgIpc) is 2.60. The Morgan fingerprint density at radius 3 is 2.70 bits per heavy atom. The molecule has 1 aliphatic rings. The largest absolute Gasteiger partial charge is 0.370 e. The van der Waals surface area contributed by atoms with Crippen LogP contribution in [0.1, 0.15) is 30.0 Å². The fourth-order valence-electron chi connectivity index (χ4n) is 3.10. The van der Waals surface area contributed by atoms with Crippen LogP contribution in [0.25, 0.3) is 6.08 Å². The van der Waals surface area contributed by atoms with Crippen LogP contribution >= 0.6 is 0 Å². The number of aliphatic hydroxyl groups is 1. The van der Waals surface area contributed by atoms with Crippen molar-refractivity contribution in [2.75, 3.05) is 16.2 Å². The normalized spacial score (nSPS) is 16.3. The molecule has 3 rings (SSSR count). The summed E-state index contributed by atoms with van der Waals surface area (Å²) in [6, 6.07) is 9.61. The van der Waals surface area contributed by atoms with Crippen molar-refractivity contribution in [2.24, 2.45) is 0 Å². The Kier molecular flexibility index (Phi) is 5.53. The first kappa shape index (κ1) is 19.4. The fourth-order valence-corrected chi connectivity index (χ4v) is 4.28. The number of hydrogen-bond acceptors (Lipinski definition) is 4. The van der Waals surface area contributed by atoms with Gasteiger partial charge in [0.05, 0.1) is 5.75 Å². The quantitative estimate of drug-likeness (QED) is 0.790. The number of halogens is 1. The fraction of sp³-hybridized carbons (Fsp3) is 0.300. The molecule has 2 aromatic rings. The smallest absolute Gasteiger partial charge is 0.236 e. The molecular weight excluding hydrogens is 367 g/mol. The lowest BCUT2D eigenvalue weighted by Gasteiger charge is -2.32. The van der Waals surface area contributed by atoms with E-state index in [0.29, 0.717) is 23.4 Å². The Labute approximate surface area is 159 Å². The molecule has 27 heavy (non-hydrogen) atoms. The van der Waals surface area contributed by atoms with Gasteiger partial charge in [-0.3, -0.25) is 4.72 Å². The van der Waals surface area contributed by atoms with Crippen LogP contribution in [0.2, 0.25) is 0 Å². The summed E-state index contributed by atoms with van der Waals surface area (Å²) in [6.45, 7) is 4.36. The van der Waals surface area contributed by atoms with Crippen LogP contribution in [0.4, 0.5) is 15.8 Å². The van der Waals surface area contributed by atoms with Crippen LogP contribution in [0.3, 0.4) is 0 Å². The highest BCUT2D eigenvalue weighted by Gasteiger charge is 2.21. The van der Waals surface area contributed by atoms with Crippen LogP contribution in [0.5, 0.6) is 0 Å². The van der Waals surface area contributed by atoms with E-state index in [1.54, 1.807) is 49.4 Å². The first-order valence-electron chi connectivity index (χ1n) is 8.81. The van der Waals surface area contributed by atoms with E-state index >= 15 is 0 Å². The number of rotatable bonds is 6.